The second-order valence-electron chi connectivity index (χ2n) is 5.98. The number of rotatable bonds is 5. The van der Waals surface area contributed by atoms with E-state index in [1.807, 2.05) is 41.0 Å². The van der Waals surface area contributed by atoms with Gasteiger partial charge >= 0.3 is 0 Å². The standard InChI is InChI=1S/C17H17N3O3S/c21-15(22)9-24-16-19-18-10-20(16)14-6-5-13(17(23)7-8-17)11-3-1-2-4-12(11)14/h1-6,10,15,21-23H,7-9H2. The van der Waals surface area contributed by atoms with Crippen LogP contribution >= 0.6 is 11.8 Å². The van der Waals surface area contributed by atoms with E-state index in [0.29, 0.717) is 5.16 Å². The SMILES string of the molecule is OC(O)CSc1nncn1-c1ccc(C2(O)CC2)c2ccccc12. The minimum atomic E-state index is -1.40. The van der Waals surface area contributed by atoms with Gasteiger partial charge in [-0.1, -0.05) is 42.1 Å². The van der Waals surface area contributed by atoms with Crippen molar-refractivity contribution in [3.8, 4) is 5.69 Å². The van der Waals surface area contributed by atoms with E-state index < -0.39 is 11.9 Å². The molecule has 1 aromatic heterocycles. The van der Waals surface area contributed by atoms with Crippen LogP contribution in [0.4, 0.5) is 0 Å². The van der Waals surface area contributed by atoms with Crippen LogP contribution in [0.5, 0.6) is 0 Å². The Morgan fingerprint density at radius 1 is 1.12 bits per heavy atom. The van der Waals surface area contributed by atoms with Gasteiger partial charge in [-0.3, -0.25) is 4.57 Å². The summed E-state index contributed by atoms with van der Waals surface area (Å²) in [5.74, 6) is 0.120. The van der Waals surface area contributed by atoms with E-state index in [1.54, 1.807) is 6.33 Å². The quantitative estimate of drug-likeness (QED) is 0.483. The van der Waals surface area contributed by atoms with Crippen molar-refractivity contribution >= 4 is 22.5 Å². The minimum absolute atomic E-state index is 0.120. The molecule has 1 aliphatic carbocycles. The first-order valence-corrected chi connectivity index (χ1v) is 8.71. The predicted molar refractivity (Wildman–Crippen MR) is 90.9 cm³/mol. The zero-order chi connectivity index (χ0) is 16.7. The van der Waals surface area contributed by atoms with Gasteiger partial charge < -0.3 is 15.3 Å². The summed E-state index contributed by atoms with van der Waals surface area (Å²) in [4.78, 5) is 0. The molecule has 7 heteroatoms. The fourth-order valence-electron chi connectivity index (χ4n) is 2.92. The maximum Gasteiger partial charge on any atom is 0.195 e. The van der Waals surface area contributed by atoms with Crippen LogP contribution in [0.2, 0.25) is 0 Å². The summed E-state index contributed by atoms with van der Waals surface area (Å²) >= 11 is 1.23. The number of aliphatic hydroxyl groups excluding tert-OH is 1. The van der Waals surface area contributed by atoms with Gasteiger partial charge in [0.2, 0.25) is 0 Å². The molecule has 3 N–H and O–H groups in total. The Bertz CT molecular complexity index is 890. The number of nitrogens with zero attached hydrogens (tertiary/aromatic N) is 3. The Morgan fingerprint density at radius 3 is 2.58 bits per heavy atom. The molecule has 24 heavy (non-hydrogen) atoms. The van der Waals surface area contributed by atoms with Crippen LogP contribution in [-0.4, -0.2) is 42.1 Å². The third-order valence-electron chi connectivity index (χ3n) is 4.26. The fourth-order valence-corrected chi connectivity index (χ4v) is 3.61. The molecule has 0 spiro atoms. The smallest absolute Gasteiger partial charge is 0.195 e. The predicted octanol–water partition coefficient (Wildman–Crippen LogP) is 1.80. The van der Waals surface area contributed by atoms with Crippen LogP contribution in [0, 0.1) is 0 Å². The van der Waals surface area contributed by atoms with Crippen LogP contribution in [0.3, 0.4) is 0 Å². The molecule has 0 unspecified atom stereocenters. The van der Waals surface area contributed by atoms with Crippen molar-refractivity contribution in [1.29, 1.82) is 0 Å². The molecule has 3 aromatic rings. The summed E-state index contributed by atoms with van der Waals surface area (Å²) in [5.41, 5.74) is 1.15. The second-order valence-corrected chi connectivity index (χ2v) is 6.97. The molecule has 1 fully saturated rings. The first-order valence-electron chi connectivity index (χ1n) is 7.72. The fraction of sp³-hybridized carbons (Fsp3) is 0.294. The monoisotopic (exact) mass is 343 g/mol. The first-order chi connectivity index (χ1) is 11.6. The van der Waals surface area contributed by atoms with E-state index in [0.717, 1.165) is 34.9 Å². The van der Waals surface area contributed by atoms with Crippen molar-refractivity contribution in [1.82, 2.24) is 14.8 Å². The minimum Gasteiger partial charge on any atom is -0.385 e. The maximum atomic E-state index is 10.5. The van der Waals surface area contributed by atoms with Crippen LogP contribution in [0.25, 0.3) is 16.5 Å². The molecule has 0 amide bonds. The molecule has 2 aromatic carbocycles. The van der Waals surface area contributed by atoms with E-state index >= 15 is 0 Å². The molecule has 1 heterocycles. The largest absolute Gasteiger partial charge is 0.385 e. The van der Waals surface area contributed by atoms with Crippen LogP contribution in [-0.2, 0) is 5.60 Å². The molecule has 0 aliphatic heterocycles. The Balaban J connectivity index is 1.83. The van der Waals surface area contributed by atoms with Gasteiger partial charge in [0, 0.05) is 5.39 Å². The topological polar surface area (TPSA) is 91.4 Å². The Kier molecular flexibility index (Phi) is 3.80. The van der Waals surface area contributed by atoms with Gasteiger partial charge in [-0.05, 0) is 29.9 Å². The molecule has 4 rings (SSSR count). The lowest BCUT2D eigenvalue weighted by Gasteiger charge is -2.16. The van der Waals surface area contributed by atoms with Gasteiger partial charge in [0.15, 0.2) is 11.4 Å². The average molecular weight is 343 g/mol. The summed E-state index contributed by atoms with van der Waals surface area (Å²) in [6.07, 6.45) is 1.79. The number of benzene rings is 2. The highest BCUT2D eigenvalue weighted by Gasteiger charge is 2.43. The van der Waals surface area contributed by atoms with Crippen molar-refractivity contribution < 1.29 is 15.3 Å². The van der Waals surface area contributed by atoms with Gasteiger partial charge in [-0.25, -0.2) is 0 Å². The first kappa shape index (κ1) is 15.6. The third-order valence-corrected chi connectivity index (χ3v) is 5.26. The number of fused-ring (bicyclic) bond motifs is 1. The number of aliphatic hydroxyl groups is 3. The zero-order valence-electron chi connectivity index (χ0n) is 12.8. The van der Waals surface area contributed by atoms with Gasteiger partial charge in [0.1, 0.15) is 6.33 Å². The van der Waals surface area contributed by atoms with E-state index in [9.17, 15) is 5.11 Å². The lowest BCUT2D eigenvalue weighted by Crippen LogP contribution is -2.09. The number of aromatic nitrogens is 3. The Hall–Kier alpha value is -1.93. The highest BCUT2D eigenvalue weighted by atomic mass is 32.2. The highest BCUT2D eigenvalue weighted by Crippen LogP contribution is 2.48. The zero-order valence-corrected chi connectivity index (χ0v) is 13.6. The van der Waals surface area contributed by atoms with Crippen LogP contribution in [0.15, 0.2) is 47.9 Å². The van der Waals surface area contributed by atoms with Gasteiger partial charge in [0.25, 0.3) is 0 Å². The van der Waals surface area contributed by atoms with E-state index in [4.69, 9.17) is 10.2 Å². The molecule has 0 atom stereocenters. The Morgan fingerprint density at radius 2 is 1.88 bits per heavy atom. The lowest BCUT2D eigenvalue weighted by molar-refractivity contribution is -0.0186. The van der Waals surface area contributed by atoms with E-state index in [2.05, 4.69) is 10.2 Å². The summed E-state index contributed by atoms with van der Waals surface area (Å²) in [5, 5.41) is 39.3. The molecule has 124 valence electrons. The van der Waals surface area contributed by atoms with Crippen molar-refractivity contribution in [3.63, 3.8) is 0 Å². The summed E-state index contributed by atoms with van der Waals surface area (Å²) in [6, 6.07) is 11.9. The molecular formula is C17H17N3O3S. The molecule has 0 radical (unpaired) electrons. The van der Waals surface area contributed by atoms with Crippen LogP contribution < -0.4 is 0 Å². The van der Waals surface area contributed by atoms with E-state index in [-0.39, 0.29) is 5.75 Å². The van der Waals surface area contributed by atoms with Crippen LogP contribution in [0.1, 0.15) is 18.4 Å². The Labute approximate surface area is 142 Å². The number of thioether (sulfide) groups is 1. The summed E-state index contributed by atoms with van der Waals surface area (Å²) in [7, 11) is 0. The lowest BCUT2D eigenvalue weighted by atomic mass is 9.97. The van der Waals surface area contributed by atoms with Crippen molar-refractivity contribution in [2.24, 2.45) is 0 Å². The summed E-state index contributed by atoms with van der Waals surface area (Å²) < 4.78 is 1.83. The third kappa shape index (κ3) is 2.69. The summed E-state index contributed by atoms with van der Waals surface area (Å²) in [6.45, 7) is 0. The highest BCUT2D eigenvalue weighted by molar-refractivity contribution is 7.99. The van der Waals surface area contributed by atoms with Gasteiger partial charge in [-0.2, -0.15) is 0 Å². The molecule has 1 saturated carbocycles. The molecular weight excluding hydrogens is 326 g/mol. The second kappa shape index (κ2) is 5.86. The molecule has 6 nitrogen and oxygen atoms in total. The molecule has 0 saturated heterocycles. The van der Waals surface area contributed by atoms with Gasteiger partial charge in [0.05, 0.1) is 17.0 Å². The van der Waals surface area contributed by atoms with Crippen molar-refractivity contribution in [2.75, 3.05) is 5.75 Å². The normalized spacial score (nSPS) is 16.0. The molecule has 1 aliphatic rings. The van der Waals surface area contributed by atoms with Crippen molar-refractivity contribution in [2.45, 2.75) is 29.9 Å². The average Bonchev–Trinajstić information content (AvgIpc) is 3.16. The number of hydrogen-bond acceptors (Lipinski definition) is 6. The van der Waals surface area contributed by atoms with E-state index in [1.165, 1.54) is 11.8 Å². The van der Waals surface area contributed by atoms with Crippen molar-refractivity contribution in [3.05, 3.63) is 48.3 Å². The molecule has 0 bridgehead atoms. The maximum absolute atomic E-state index is 10.5. The van der Waals surface area contributed by atoms with Gasteiger partial charge in [-0.15, -0.1) is 10.2 Å². The number of hydrogen-bond donors (Lipinski definition) is 3.